The Morgan fingerprint density at radius 1 is 1.00 bits per heavy atom. The lowest BCUT2D eigenvalue weighted by atomic mass is 10.1. The highest BCUT2D eigenvalue weighted by Crippen LogP contribution is 2.31. The Bertz CT molecular complexity index is 1400. The molecule has 0 bridgehead atoms. The molecule has 3 aromatic carbocycles. The van der Waals surface area contributed by atoms with Gasteiger partial charge < -0.3 is 5.32 Å². The second-order valence-corrected chi connectivity index (χ2v) is 9.09. The van der Waals surface area contributed by atoms with Crippen molar-refractivity contribution in [2.75, 3.05) is 5.32 Å². The number of para-hydroxylation sites is 1. The molecule has 33 heavy (non-hydrogen) atoms. The van der Waals surface area contributed by atoms with Gasteiger partial charge in [0.1, 0.15) is 6.54 Å². The summed E-state index contributed by atoms with van der Waals surface area (Å²) in [6.07, 6.45) is 0. The Morgan fingerprint density at radius 3 is 2.36 bits per heavy atom. The lowest BCUT2D eigenvalue weighted by Gasteiger charge is -2.11. The maximum absolute atomic E-state index is 12.9. The van der Waals surface area contributed by atoms with Crippen molar-refractivity contribution in [3.05, 3.63) is 92.2 Å². The normalized spacial score (nSPS) is 10.9. The molecule has 4 rings (SSSR count). The molecule has 4 aromatic rings. The van der Waals surface area contributed by atoms with Crippen LogP contribution in [-0.2, 0) is 11.3 Å². The van der Waals surface area contributed by atoms with Gasteiger partial charge in [-0.05, 0) is 80.0 Å². The van der Waals surface area contributed by atoms with E-state index in [4.69, 9.17) is 40.5 Å². The lowest BCUT2D eigenvalue weighted by molar-refractivity contribution is -0.116. The number of carbonyl (C=O) groups is 1. The SMILES string of the molecule is Cc1cccc(-n2c(-c3ccc(Cl)cc3Cl)nn(CC(=O)Nc3c(C)cccc3C)c2=S)c1. The van der Waals surface area contributed by atoms with Crippen molar-refractivity contribution < 1.29 is 4.79 Å². The Kier molecular flexibility index (Phi) is 6.70. The Balaban J connectivity index is 1.78. The molecule has 1 aromatic heterocycles. The minimum Gasteiger partial charge on any atom is -0.324 e. The average molecular weight is 497 g/mol. The van der Waals surface area contributed by atoms with Crippen molar-refractivity contribution in [2.45, 2.75) is 27.3 Å². The molecular formula is C25H22Cl2N4OS. The molecule has 0 aliphatic heterocycles. The van der Waals surface area contributed by atoms with Crippen LogP contribution in [0.25, 0.3) is 17.1 Å². The quantitative estimate of drug-likeness (QED) is 0.304. The third kappa shape index (κ3) is 4.88. The number of anilines is 1. The Morgan fingerprint density at radius 2 is 1.70 bits per heavy atom. The van der Waals surface area contributed by atoms with E-state index in [1.807, 2.05) is 67.8 Å². The Hall–Kier alpha value is -2.93. The molecule has 0 radical (unpaired) electrons. The summed E-state index contributed by atoms with van der Waals surface area (Å²) in [7, 11) is 0. The lowest BCUT2D eigenvalue weighted by Crippen LogP contribution is -2.21. The van der Waals surface area contributed by atoms with Gasteiger partial charge in [0.15, 0.2) is 5.82 Å². The molecule has 0 spiro atoms. The van der Waals surface area contributed by atoms with Gasteiger partial charge in [0.25, 0.3) is 0 Å². The van der Waals surface area contributed by atoms with Gasteiger partial charge in [-0.3, -0.25) is 9.36 Å². The molecular weight excluding hydrogens is 475 g/mol. The molecule has 0 fully saturated rings. The first-order valence-corrected chi connectivity index (χ1v) is 11.5. The van der Waals surface area contributed by atoms with Gasteiger partial charge in [-0.2, -0.15) is 5.10 Å². The van der Waals surface area contributed by atoms with Crippen LogP contribution < -0.4 is 5.32 Å². The van der Waals surface area contributed by atoms with Crippen LogP contribution in [0.2, 0.25) is 10.0 Å². The molecule has 8 heteroatoms. The van der Waals surface area contributed by atoms with E-state index in [0.29, 0.717) is 26.2 Å². The number of nitrogens with zero attached hydrogens (tertiary/aromatic N) is 3. The number of aromatic nitrogens is 3. The molecule has 0 aliphatic carbocycles. The van der Waals surface area contributed by atoms with E-state index >= 15 is 0 Å². The van der Waals surface area contributed by atoms with Crippen LogP contribution >= 0.6 is 35.4 Å². The predicted octanol–water partition coefficient (Wildman–Crippen LogP) is 6.94. The summed E-state index contributed by atoms with van der Waals surface area (Å²) in [5.74, 6) is 0.318. The fraction of sp³-hybridized carbons (Fsp3) is 0.160. The highest BCUT2D eigenvalue weighted by Gasteiger charge is 2.19. The third-order valence-corrected chi connectivity index (χ3v) is 6.25. The van der Waals surface area contributed by atoms with Gasteiger partial charge in [-0.25, -0.2) is 4.68 Å². The number of benzene rings is 3. The number of hydrogen-bond acceptors (Lipinski definition) is 3. The largest absolute Gasteiger partial charge is 0.324 e. The standard InChI is InChI=1S/C25H22Cl2N4OS/c1-15-6-4-9-19(12-15)31-24(20-11-10-18(26)13-21(20)27)29-30(25(31)33)14-22(32)28-23-16(2)7-5-8-17(23)3/h4-13H,14H2,1-3H3,(H,28,32). The second kappa shape index (κ2) is 9.51. The molecule has 168 valence electrons. The number of aryl methyl sites for hydroxylation is 3. The summed E-state index contributed by atoms with van der Waals surface area (Å²) >= 11 is 18.4. The second-order valence-electron chi connectivity index (χ2n) is 7.88. The summed E-state index contributed by atoms with van der Waals surface area (Å²) in [6, 6.07) is 19.0. The van der Waals surface area contributed by atoms with E-state index in [9.17, 15) is 4.79 Å². The van der Waals surface area contributed by atoms with Gasteiger partial charge in [0, 0.05) is 16.3 Å². The first-order chi connectivity index (χ1) is 15.7. The summed E-state index contributed by atoms with van der Waals surface area (Å²) in [5.41, 5.74) is 5.36. The first kappa shape index (κ1) is 23.2. The zero-order valence-electron chi connectivity index (χ0n) is 18.4. The van der Waals surface area contributed by atoms with E-state index in [0.717, 1.165) is 28.1 Å². The zero-order valence-corrected chi connectivity index (χ0v) is 20.7. The zero-order chi connectivity index (χ0) is 23.7. The summed E-state index contributed by atoms with van der Waals surface area (Å²) in [5, 5.41) is 8.65. The molecule has 5 nitrogen and oxygen atoms in total. The van der Waals surface area contributed by atoms with Gasteiger partial charge in [0.05, 0.1) is 10.7 Å². The van der Waals surface area contributed by atoms with Crippen molar-refractivity contribution in [1.82, 2.24) is 14.3 Å². The summed E-state index contributed by atoms with van der Waals surface area (Å²) in [6.45, 7) is 5.89. The minimum absolute atomic E-state index is 0.0381. The van der Waals surface area contributed by atoms with Crippen LogP contribution in [-0.4, -0.2) is 20.3 Å². The monoisotopic (exact) mass is 496 g/mol. The van der Waals surface area contributed by atoms with E-state index in [-0.39, 0.29) is 12.5 Å². The van der Waals surface area contributed by atoms with Crippen LogP contribution in [0.1, 0.15) is 16.7 Å². The van der Waals surface area contributed by atoms with E-state index in [1.165, 1.54) is 4.68 Å². The molecule has 0 saturated heterocycles. The molecule has 0 unspecified atom stereocenters. The van der Waals surface area contributed by atoms with Crippen LogP contribution in [0.4, 0.5) is 5.69 Å². The summed E-state index contributed by atoms with van der Waals surface area (Å²) < 4.78 is 3.73. The minimum atomic E-state index is -0.217. The maximum Gasteiger partial charge on any atom is 0.246 e. The number of halogens is 2. The molecule has 0 saturated carbocycles. The highest BCUT2D eigenvalue weighted by molar-refractivity contribution is 7.71. The predicted molar refractivity (Wildman–Crippen MR) is 137 cm³/mol. The number of amides is 1. The highest BCUT2D eigenvalue weighted by atomic mass is 35.5. The van der Waals surface area contributed by atoms with Gasteiger partial charge in [0.2, 0.25) is 10.7 Å². The first-order valence-electron chi connectivity index (χ1n) is 10.3. The van der Waals surface area contributed by atoms with Crippen LogP contribution in [0, 0.1) is 25.5 Å². The number of carbonyl (C=O) groups excluding carboxylic acids is 1. The average Bonchev–Trinajstić information content (AvgIpc) is 3.06. The fourth-order valence-corrected chi connectivity index (χ4v) is 4.47. The molecule has 1 heterocycles. The number of rotatable bonds is 5. The van der Waals surface area contributed by atoms with Crippen molar-refractivity contribution in [2.24, 2.45) is 0 Å². The number of hydrogen-bond donors (Lipinski definition) is 1. The van der Waals surface area contributed by atoms with Gasteiger partial charge in [-0.15, -0.1) is 0 Å². The molecule has 1 amide bonds. The third-order valence-electron chi connectivity index (χ3n) is 5.31. The maximum atomic E-state index is 12.9. The van der Waals surface area contributed by atoms with Crippen molar-refractivity contribution >= 4 is 47.0 Å². The van der Waals surface area contributed by atoms with Crippen LogP contribution in [0.5, 0.6) is 0 Å². The van der Waals surface area contributed by atoms with Crippen molar-refractivity contribution in [1.29, 1.82) is 0 Å². The molecule has 0 aliphatic rings. The molecule has 0 atom stereocenters. The van der Waals surface area contributed by atoms with Gasteiger partial charge in [-0.1, -0.05) is 53.5 Å². The molecule has 1 N–H and O–H groups in total. The smallest absolute Gasteiger partial charge is 0.246 e. The number of nitrogens with one attached hydrogen (secondary N) is 1. The van der Waals surface area contributed by atoms with Crippen molar-refractivity contribution in [3.8, 4) is 17.1 Å². The van der Waals surface area contributed by atoms with Gasteiger partial charge >= 0.3 is 0 Å². The van der Waals surface area contributed by atoms with E-state index < -0.39 is 0 Å². The van der Waals surface area contributed by atoms with Crippen molar-refractivity contribution in [3.63, 3.8) is 0 Å². The Labute approximate surface area is 207 Å². The van der Waals surface area contributed by atoms with E-state index in [1.54, 1.807) is 18.2 Å². The van der Waals surface area contributed by atoms with E-state index in [2.05, 4.69) is 5.32 Å². The van der Waals surface area contributed by atoms with Crippen LogP contribution in [0.15, 0.2) is 60.7 Å². The fourth-order valence-electron chi connectivity index (χ4n) is 3.68. The topological polar surface area (TPSA) is 51.9 Å². The van der Waals surface area contributed by atoms with Crippen LogP contribution in [0.3, 0.4) is 0 Å². The summed E-state index contributed by atoms with van der Waals surface area (Å²) in [4.78, 5) is 12.9.